The zero-order chi connectivity index (χ0) is 13.2. The largest absolute Gasteiger partial charge is 0.385 e. The van der Waals surface area contributed by atoms with Gasteiger partial charge in [0.1, 0.15) is 17.7 Å². The van der Waals surface area contributed by atoms with Crippen molar-refractivity contribution in [1.29, 1.82) is 0 Å². The Labute approximate surface area is 100 Å². The number of ether oxygens (including phenoxy) is 1. The number of halogens is 2. The van der Waals surface area contributed by atoms with Gasteiger partial charge in [0.15, 0.2) is 0 Å². The highest BCUT2D eigenvalue weighted by molar-refractivity contribution is 5.23. The standard InChI is InChI=1S/C13H18F2O2/c1-13(2,3)12(17-4)11(16)10-8(14)6-5-7-9(10)15/h5-7,11-12,16H,1-4H3. The summed E-state index contributed by atoms with van der Waals surface area (Å²) < 4.78 is 32.2. The van der Waals surface area contributed by atoms with Crippen LogP contribution in [0.1, 0.15) is 32.4 Å². The SMILES string of the molecule is COC(C(O)c1c(F)cccc1F)C(C)(C)C. The normalized spacial score (nSPS) is 15.7. The first-order valence-corrected chi connectivity index (χ1v) is 5.43. The summed E-state index contributed by atoms with van der Waals surface area (Å²) in [5, 5.41) is 10.1. The van der Waals surface area contributed by atoms with Crippen molar-refractivity contribution in [3.8, 4) is 0 Å². The molecule has 0 saturated heterocycles. The molecule has 0 bridgehead atoms. The minimum atomic E-state index is -1.33. The average Bonchev–Trinajstić information content (AvgIpc) is 2.15. The van der Waals surface area contributed by atoms with E-state index in [2.05, 4.69) is 0 Å². The maximum Gasteiger partial charge on any atom is 0.132 e. The summed E-state index contributed by atoms with van der Waals surface area (Å²) in [4.78, 5) is 0. The van der Waals surface area contributed by atoms with Crippen molar-refractivity contribution in [3.63, 3.8) is 0 Å². The number of methoxy groups -OCH3 is 1. The Morgan fingerprint density at radius 2 is 1.65 bits per heavy atom. The van der Waals surface area contributed by atoms with Gasteiger partial charge in [-0.3, -0.25) is 0 Å². The fourth-order valence-corrected chi connectivity index (χ4v) is 1.90. The molecule has 4 heteroatoms. The molecule has 0 fully saturated rings. The van der Waals surface area contributed by atoms with E-state index >= 15 is 0 Å². The summed E-state index contributed by atoms with van der Waals surface area (Å²) >= 11 is 0. The molecule has 1 N–H and O–H groups in total. The first kappa shape index (κ1) is 14.1. The highest BCUT2D eigenvalue weighted by Crippen LogP contribution is 2.34. The van der Waals surface area contributed by atoms with Crippen LogP contribution in [0.15, 0.2) is 18.2 Å². The third-order valence-corrected chi connectivity index (χ3v) is 2.69. The second-order valence-corrected chi connectivity index (χ2v) is 5.10. The second-order valence-electron chi connectivity index (χ2n) is 5.10. The summed E-state index contributed by atoms with van der Waals surface area (Å²) in [6.45, 7) is 5.51. The van der Waals surface area contributed by atoms with Crippen LogP contribution in [0.5, 0.6) is 0 Å². The highest BCUT2D eigenvalue weighted by Gasteiger charge is 2.35. The molecule has 0 aliphatic heterocycles. The van der Waals surface area contributed by atoms with Gasteiger partial charge in [-0.2, -0.15) is 0 Å². The van der Waals surface area contributed by atoms with E-state index in [1.165, 1.54) is 13.2 Å². The molecule has 0 aromatic heterocycles. The number of aliphatic hydroxyl groups excluding tert-OH is 1. The maximum absolute atomic E-state index is 13.5. The molecule has 2 atom stereocenters. The van der Waals surface area contributed by atoms with Crippen molar-refractivity contribution in [2.75, 3.05) is 7.11 Å². The molecule has 0 amide bonds. The van der Waals surface area contributed by atoms with E-state index < -0.39 is 29.3 Å². The number of hydrogen-bond donors (Lipinski definition) is 1. The summed E-state index contributed by atoms with van der Waals surface area (Å²) in [6, 6.07) is 3.51. The molecule has 0 heterocycles. The quantitative estimate of drug-likeness (QED) is 0.885. The van der Waals surface area contributed by atoms with Crippen LogP contribution in [0.2, 0.25) is 0 Å². The van der Waals surface area contributed by atoms with E-state index in [0.29, 0.717) is 0 Å². The second kappa shape index (κ2) is 5.10. The van der Waals surface area contributed by atoms with Crippen molar-refractivity contribution < 1.29 is 18.6 Å². The predicted molar refractivity (Wildman–Crippen MR) is 61.6 cm³/mol. The first-order valence-electron chi connectivity index (χ1n) is 5.43. The predicted octanol–water partition coefficient (Wildman–Crippen LogP) is 3.06. The third-order valence-electron chi connectivity index (χ3n) is 2.69. The number of benzene rings is 1. The number of hydrogen-bond acceptors (Lipinski definition) is 2. The summed E-state index contributed by atoms with van der Waals surface area (Å²) in [5.74, 6) is -1.52. The van der Waals surface area contributed by atoms with Gasteiger partial charge in [-0.25, -0.2) is 8.78 Å². The van der Waals surface area contributed by atoms with Crippen LogP contribution < -0.4 is 0 Å². The van der Waals surface area contributed by atoms with Crippen LogP contribution in [0, 0.1) is 17.0 Å². The topological polar surface area (TPSA) is 29.5 Å². The molecule has 2 unspecified atom stereocenters. The van der Waals surface area contributed by atoms with E-state index in [0.717, 1.165) is 12.1 Å². The summed E-state index contributed by atoms with van der Waals surface area (Å²) in [7, 11) is 1.41. The highest BCUT2D eigenvalue weighted by atomic mass is 19.1. The van der Waals surface area contributed by atoms with Crippen molar-refractivity contribution in [1.82, 2.24) is 0 Å². The van der Waals surface area contributed by atoms with E-state index in [1.54, 1.807) is 0 Å². The van der Waals surface area contributed by atoms with Gasteiger partial charge in [-0.05, 0) is 17.5 Å². The summed E-state index contributed by atoms with van der Waals surface area (Å²) in [6.07, 6.45) is -2.02. The van der Waals surface area contributed by atoms with Crippen molar-refractivity contribution in [2.24, 2.45) is 5.41 Å². The lowest BCUT2D eigenvalue weighted by atomic mass is 9.83. The molecule has 0 radical (unpaired) electrons. The van der Waals surface area contributed by atoms with Gasteiger partial charge >= 0.3 is 0 Å². The Morgan fingerprint density at radius 3 is 2.00 bits per heavy atom. The van der Waals surface area contributed by atoms with Crippen LogP contribution >= 0.6 is 0 Å². The van der Waals surface area contributed by atoms with E-state index in [9.17, 15) is 13.9 Å². The molecule has 1 rings (SSSR count). The zero-order valence-electron chi connectivity index (χ0n) is 10.5. The van der Waals surface area contributed by atoms with Crippen LogP contribution in [-0.4, -0.2) is 18.3 Å². The molecule has 96 valence electrons. The summed E-state index contributed by atoms with van der Waals surface area (Å²) in [5.41, 5.74) is -0.766. The lowest BCUT2D eigenvalue weighted by Crippen LogP contribution is -2.35. The lowest BCUT2D eigenvalue weighted by molar-refractivity contribution is -0.0747. The Kier molecular flexibility index (Phi) is 4.22. The van der Waals surface area contributed by atoms with E-state index in [-0.39, 0.29) is 5.56 Å². The lowest BCUT2D eigenvalue weighted by Gasteiger charge is -2.33. The zero-order valence-corrected chi connectivity index (χ0v) is 10.5. The Morgan fingerprint density at radius 1 is 1.18 bits per heavy atom. The van der Waals surface area contributed by atoms with Gasteiger partial charge in [-0.15, -0.1) is 0 Å². The molecule has 0 aliphatic carbocycles. The van der Waals surface area contributed by atoms with Gasteiger partial charge in [-0.1, -0.05) is 26.8 Å². The Bertz CT molecular complexity index is 365. The fourth-order valence-electron chi connectivity index (χ4n) is 1.90. The van der Waals surface area contributed by atoms with Gasteiger partial charge in [0, 0.05) is 7.11 Å². The average molecular weight is 244 g/mol. The molecule has 0 saturated carbocycles. The van der Waals surface area contributed by atoms with Gasteiger partial charge < -0.3 is 9.84 Å². The molecule has 2 nitrogen and oxygen atoms in total. The van der Waals surface area contributed by atoms with Crippen molar-refractivity contribution in [2.45, 2.75) is 33.0 Å². The van der Waals surface area contributed by atoms with Gasteiger partial charge in [0.25, 0.3) is 0 Å². The van der Waals surface area contributed by atoms with Crippen molar-refractivity contribution in [3.05, 3.63) is 35.4 Å². The fraction of sp³-hybridized carbons (Fsp3) is 0.538. The number of aliphatic hydroxyl groups is 1. The first-order chi connectivity index (χ1) is 7.79. The minimum Gasteiger partial charge on any atom is -0.385 e. The maximum atomic E-state index is 13.5. The van der Waals surface area contributed by atoms with E-state index in [4.69, 9.17) is 4.74 Å². The van der Waals surface area contributed by atoms with Gasteiger partial charge in [0.2, 0.25) is 0 Å². The molecule has 1 aromatic rings. The van der Waals surface area contributed by atoms with Crippen molar-refractivity contribution >= 4 is 0 Å². The van der Waals surface area contributed by atoms with Crippen LogP contribution in [0.3, 0.4) is 0 Å². The minimum absolute atomic E-state index is 0.339. The molecule has 0 aliphatic rings. The van der Waals surface area contributed by atoms with E-state index in [1.807, 2.05) is 20.8 Å². The van der Waals surface area contributed by atoms with Gasteiger partial charge in [0.05, 0.1) is 11.7 Å². The van der Waals surface area contributed by atoms with Crippen LogP contribution in [-0.2, 0) is 4.74 Å². The molecule has 1 aromatic carbocycles. The monoisotopic (exact) mass is 244 g/mol. The number of rotatable bonds is 3. The van der Waals surface area contributed by atoms with Crippen LogP contribution in [0.4, 0.5) is 8.78 Å². The molecular weight excluding hydrogens is 226 g/mol. The Hall–Kier alpha value is -1.00. The van der Waals surface area contributed by atoms with Crippen LogP contribution in [0.25, 0.3) is 0 Å². The molecular formula is C13H18F2O2. The third kappa shape index (κ3) is 3.01. The smallest absolute Gasteiger partial charge is 0.132 e. The molecule has 0 spiro atoms. The Balaban J connectivity index is 3.15. The molecule has 17 heavy (non-hydrogen) atoms.